The molecular formula is C28H40N2O5Si. The lowest BCUT2D eigenvalue weighted by Gasteiger charge is -2.39. The molecule has 1 aromatic heterocycles. The minimum atomic E-state index is -1.64. The molecule has 1 aliphatic rings. The van der Waals surface area contributed by atoms with Gasteiger partial charge in [0.1, 0.15) is 5.60 Å². The van der Waals surface area contributed by atoms with Gasteiger partial charge in [0.2, 0.25) is 0 Å². The zero-order valence-electron chi connectivity index (χ0n) is 22.5. The Balaban J connectivity index is 1.95. The van der Waals surface area contributed by atoms with E-state index in [0.717, 1.165) is 24.0 Å². The minimum absolute atomic E-state index is 0.0566. The summed E-state index contributed by atoms with van der Waals surface area (Å²) < 4.78 is 12.7. The van der Waals surface area contributed by atoms with Crippen LogP contribution in [0.15, 0.2) is 48.8 Å². The van der Waals surface area contributed by atoms with Gasteiger partial charge in [-0.25, -0.2) is 9.59 Å². The number of hydrogen-bond donors (Lipinski definition) is 1. The van der Waals surface area contributed by atoms with Gasteiger partial charge >= 0.3 is 12.1 Å². The molecule has 196 valence electrons. The van der Waals surface area contributed by atoms with Crippen LogP contribution in [0, 0.1) is 0 Å². The molecule has 1 aliphatic heterocycles. The van der Waals surface area contributed by atoms with E-state index in [0.29, 0.717) is 6.42 Å². The molecule has 1 N–H and O–H groups in total. The molecule has 0 saturated carbocycles. The van der Waals surface area contributed by atoms with Crippen molar-refractivity contribution in [2.24, 2.45) is 0 Å². The number of amides is 1. The molecule has 1 aromatic carbocycles. The number of aromatic carboxylic acids is 1. The number of likely N-dealkylation sites (tertiary alicyclic amines) is 1. The molecule has 36 heavy (non-hydrogen) atoms. The van der Waals surface area contributed by atoms with Crippen molar-refractivity contribution in [3.63, 3.8) is 0 Å². The van der Waals surface area contributed by atoms with Gasteiger partial charge in [-0.1, -0.05) is 39.0 Å². The zero-order valence-corrected chi connectivity index (χ0v) is 23.7. The fourth-order valence-corrected chi connectivity index (χ4v) is 5.61. The Morgan fingerprint density at radius 3 is 2.31 bits per heavy atom. The number of ether oxygens (including phenoxy) is 1. The van der Waals surface area contributed by atoms with Crippen molar-refractivity contribution in [3.8, 4) is 0 Å². The van der Waals surface area contributed by atoms with Crippen LogP contribution in [-0.2, 0) is 15.6 Å². The Morgan fingerprint density at radius 1 is 1.11 bits per heavy atom. The summed E-state index contributed by atoms with van der Waals surface area (Å²) in [5.74, 6) is -0.952. The van der Waals surface area contributed by atoms with Gasteiger partial charge in [0.05, 0.1) is 17.7 Å². The van der Waals surface area contributed by atoms with E-state index in [4.69, 9.17) is 9.16 Å². The van der Waals surface area contributed by atoms with Crippen molar-refractivity contribution in [3.05, 3.63) is 65.5 Å². The minimum Gasteiger partial charge on any atom is -0.478 e. The topological polar surface area (TPSA) is 89.0 Å². The van der Waals surface area contributed by atoms with Gasteiger partial charge in [-0.15, -0.1) is 0 Å². The summed E-state index contributed by atoms with van der Waals surface area (Å²) in [6, 6.07) is 10.5. The number of aromatic nitrogens is 1. The van der Waals surface area contributed by atoms with Gasteiger partial charge in [0.15, 0.2) is 9.04 Å². The normalized spacial score (nSPS) is 20.1. The first-order valence-corrected chi connectivity index (χ1v) is 14.9. The Hall–Kier alpha value is -2.71. The monoisotopic (exact) mass is 512 g/mol. The van der Waals surface area contributed by atoms with Crippen molar-refractivity contribution in [1.29, 1.82) is 0 Å². The first kappa shape index (κ1) is 27.9. The number of carboxylic acids is 1. The third-order valence-corrected chi connectivity index (χ3v) is 9.90. The first-order valence-electron chi connectivity index (χ1n) is 12.6. The van der Waals surface area contributed by atoms with E-state index in [9.17, 15) is 14.7 Å². The standard InChI is InChI=1S/C28H40N2O5Si/c1-27(2,3)34-26(33)30-22(17-19-10-12-20(13-11-19)25(31)32)14-15-23(30)24(21-9-8-16-29-18-21)35-36(7)28(4,5)6/h8-13,16,18,22-24,36H,14-15,17H2,1-7H3,(H,31,32)/t22-,23+,24+,36?/m0/s1. The van der Waals surface area contributed by atoms with Crippen molar-refractivity contribution < 1.29 is 23.9 Å². The van der Waals surface area contributed by atoms with Gasteiger partial charge in [0.25, 0.3) is 0 Å². The number of hydrogen-bond acceptors (Lipinski definition) is 5. The second-order valence-corrected chi connectivity index (χ2v) is 15.0. The molecule has 7 nitrogen and oxygen atoms in total. The van der Waals surface area contributed by atoms with Crippen LogP contribution in [0.1, 0.15) is 82.0 Å². The van der Waals surface area contributed by atoms with E-state index in [1.165, 1.54) is 0 Å². The Labute approximate surface area is 216 Å². The summed E-state index contributed by atoms with van der Waals surface area (Å²) in [6.07, 6.45) is 5.13. The number of nitrogens with zero attached hydrogens (tertiary/aromatic N) is 2. The Kier molecular flexibility index (Phi) is 8.62. The summed E-state index contributed by atoms with van der Waals surface area (Å²) in [5.41, 5.74) is 1.57. The van der Waals surface area contributed by atoms with Crippen LogP contribution in [0.25, 0.3) is 0 Å². The van der Waals surface area contributed by atoms with Crippen LogP contribution in [0.5, 0.6) is 0 Å². The highest BCUT2D eigenvalue weighted by atomic mass is 28.3. The molecule has 0 radical (unpaired) electrons. The first-order chi connectivity index (χ1) is 16.8. The van der Waals surface area contributed by atoms with Gasteiger partial charge in [-0.2, -0.15) is 0 Å². The summed E-state index contributed by atoms with van der Waals surface area (Å²) in [5, 5.41) is 9.29. The van der Waals surface area contributed by atoms with E-state index in [1.807, 2.05) is 56.1 Å². The molecule has 8 heteroatoms. The fourth-order valence-electron chi connectivity index (χ4n) is 4.42. The molecule has 1 saturated heterocycles. The third kappa shape index (κ3) is 7.17. The van der Waals surface area contributed by atoms with E-state index in [2.05, 4.69) is 32.3 Å². The molecule has 4 atom stereocenters. The average Bonchev–Trinajstić information content (AvgIpc) is 3.19. The van der Waals surface area contributed by atoms with Gasteiger partial charge < -0.3 is 14.3 Å². The van der Waals surface area contributed by atoms with Crippen LogP contribution in [0.3, 0.4) is 0 Å². The maximum atomic E-state index is 13.6. The third-order valence-electron chi connectivity index (χ3n) is 6.76. The molecular weight excluding hydrogens is 472 g/mol. The van der Waals surface area contributed by atoms with Crippen LogP contribution in [-0.4, -0.2) is 53.8 Å². The predicted octanol–water partition coefficient (Wildman–Crippen LogP) is 6.00. The highest BCUT2D eigenvalue weighted by Gasteiger charge is 2.45. The van der Waals surface area contributed by atoms with E-state index < -0.39 is 20.6 Å². The number of rotatable bonds is 7. The van der Waals surface area contributed by atoms with Crippen LogP contribution in [0.4, 0.5) is 4.79 Å². The number of carbonyl (C=O) groups is 2. The lowest BCUT2D eigenvalue weighted by molar-refractivity contribution is -0.00139. The van der Waals surface area contributed by atoms with Crippen molar-refractivity contribution in [2.45, 2.75) is 96.2 Å². The lowest BCUT2D eigenvalue weighted by Crippen LogP contribution is -2.48. The maximum absolute atomic E-state index is 13.6. The number of carbonyl (C=O) groups excluding carboxylic acids is 1. The Bertz CT molecular complexity index is 1030. The van der Waals surface area contributed by atoms with Crippen LogP contribution < -0.4 is 0 Å². The van der Waals surface area contributed by atoms with Gasteiger partial charge in [-0.05, 0) is 80.9 Å². The van der Waals surface area contributed by atoms with Crippen LogP contribution in [0.2, 0.25) is 11.6 Å². The van der Waals surface area contributed by atoms with Crippen molar-refractivity contribution in [1.82, 2.24) is 9.88 Å². The highest BCUT2D eigenvalue weighted by Crippen LogP contribution is 2.40. The van der Waals surface area contributed by atoms with Gasteiger partial charge in [0, 0.05) is 18.4 Å². The summed E-state index contributed by atoms with van der Waals surface area (Å²) in [6.45, 7) is 14.4. The summed E-state index contributed by atoms with van der Waals surface area (Å²) in [4.78, 5) is 31.1. The second kappa shape index (κ2) is 11.1. The highest BCUT2D eigenvalue weighted by molar-refractivity contribution is 6.53. The Morgan fingerprint density at radius 2 is 1.78 bits per heavy atom. The zero-order chi connectivity index (χ0) is 26.7. The predicted molar refractivity (Wildman–Crippen MR) is 143 cm³/mol. The molecule has 1 amide bonds. The molecule has 2 aromatic rings. The van der Waals surface area contributed by atoms with E-state index >= 15 is 0 Å². The molecule has 0 bridgehead atoms. The number of pyridine rings is 1. The van der Waals surface area contributed by atoms with E-state index in [-0.39, 0.29) is 34.9 Å². The smallest absolute Gasteiger partial charge is 0.410 e. The summed E-state index contributed by atoms with van der Waals surface area (Å²) >= 11 is 0. The SMILES string of the molecule is C[SiH](O[C@H](c1cccnc1)[C@H]1CC[C@@H](Cc2ccc(C(=O)O)cc2)N1C(=O)OC(C)(C)C)C(C)(C)C. The molecule has 2 heterocycles. The van der Waals surface area contributed by atoms with Crippen LogP contribution >= 0.6 is 0 Å². The molecule has 0 spiro atoms. The molecule has 0 aliphatic carbocycles. The number of carboxylic acid groups (broad SMARTS) is 1. The van der Waals surface area contributed by atoms with Crippen molar-refractivity contribution >= 4 is 21.1 Å². The second-order valence-electron chi connectivity index (χ2n) is 11.7. The summed E-state index contributed by atoms with van der Waals surface area (Å²) in [7, 11) is -1.64. The largest absolute Gasteiger partial charge is 0.478 e. The number of benzene rings is 1. The molecule has 1 fully saturated rings. The van der Waals surface area contributed by atoms with Crippen molar-refractivity contribution in [2.75, 3.05) is 0 Å². The van der Waals surface area contributed by atoms with Gasteiger partial charge in [-0.3, -0.25) is 9.88 Å². The molecule has 3 rings (SSSR count). The quantitative estimate of drug-likeness (QED) is 0.458. The van der Waals surface area contributed by atoms with E-state index in [1.54, 1.807) is 18.3 Å². The fraction of sp³-hybridized carbons (Fsp3) is 0.536. The molecule has 1 unspecified atom stereocenters. The average molecular weight is 513 g/mol. The maximum Gasteiger partial charge on any atom is 0.410 e. The lowest BCUT2D eigenvalue weighted by atomic mass is 10.0.